The van der Waals surface area contributed by atoms with Crippen molar-refractivity contribution in [3.8, 4) is 28.6 Å². The van der Waals surface area contributed by atoms with Gasteiger partial charge in [0.15, 0.2) is 0 Å². The maximum absolute atomic E-state index is 13.0. The number of amides is 1. The van der Waals surface area contributed by atoms with Crippen molar-refractivity contribution in [2.75, 3.05) is 18.5 Å². The van der Waals surface area contributed by atoms with Crippen molar-refractivity contribution in [1.29, 1.82) is 5.26 Å². The number of pyridine rings is 1. The monoisotopic (exact) mass is 495 g/mol. The first kappa shape index (κ1) is 25.6. The van der Waals surface area contributed by atoms with Crippen molar-refractivity contribution in [3.05, 3.63) is 90.0 Å². The summed E-state index contributed by atoms with van der Waals surface area (Å²) >= 11 is 0. The Bertz CT molecular complexity index is 1450. The van der Waals surface area contributed by atoms with E-state index in [-0.39, 0.29) is 12.5 Å². The second-order valence-corrected chi connectivity index (χ2v) is 9.24. The van der Waals surface area contributed by atoms with Gasteiger partial charge in [-0.1, -0.05) is 18.2 Å². The smallest absolute Gasteiger partial charge is 0.255 e. The number of aliphatic hydroxyl groups excluding tert-OH is 1. The molecule has 37 heavy (non-hydrogen) atoms. The number of anilines is 1. The van der Waals surface area contributed by atoms with Crippen LogP contribution < -0.4 is 10.1 Å². The number of benzene rings is 2. The van der Waals surface area contributed by atoms with E-state index in [0.717, 1.165) is 27.9 Å². The predicted molar refractivity (Wildman–Crippen MR) is 142 cm³/mol. The van der Waals surface area contributed by atoms with Crippen molar-refractivity contribution in [3.63, 3.8) is 0 Å². The molecule has 0 saturated carbocycles. The highest BCUT2D eigenvalue weighted by Gasteiger charge is 2.21. The Morgan fingerprint density at radius 3 is 2.81 bits per heavy atom. The van der Waals surface area contributed by atoms with Crippen LogP contribution in [0.2, 0.25) is 0 Å². The molecule has 0 aliphatic rings. The summed E-state index contributed by atoms with van der Waals surface area (Å²) < 4.78 is 7.56. The fourth-order valence-corrected chi connectivity index (χ4v) is 3.82. The van der Waals surface area contributed by atoms with Gasteiger partial charge in [0.25, 0.3) is 5.91 Å². The molecule has 0 bridgehead atoms. The van der Waals surface area contributed by atoms with Crippen molar-refractivity contribution >= 4 is 11.6 Å². The number of hydrogen-bond donors (Lipinski definition) is 2. The minimum atomic E-state index is -0.691. The molecule has 0 unspecified atom stereocenters. The molecule has 0 radical (unpaired) electrons. The number of nitrogens with one attached hydrogen (secondary N) is 1. The van der Waals surface area contributed by atoms with E-state index in [1.54, 1.807) is 47.5 Å². The van der Waals surface area contributed by atoms with Crippen LogP contribution in [0.3, 0.4) is 0 Å². The fourth-order valence-electron chi connectivity index (χ4n) is 3.82. The molecule has 0 aliphatic carbocycles. The zero-order valence-electron chi connectivity index (χ0n) is 21.1. The van der Waals surface area contributed by atoms with E-state index in [2.05, 4.69) is 21.5 Å². The van der Waals surface area contributed by atoms with Crippen molar-refractivity contribution in [1.82, 2.24) is 14.8 Å². The zero-order chi connectivity index (χ0) is 26.4. The van der Waals surface area contributed by atoms with E-state index in [4.69, 9.17) is 9.84 Å². The lowest BCUT2D eigenvalue weighted by Crippen LogP contribution is -2.17. The number of carbonyl (C=O) groups is 1. The van der Waals surface area contributed by atoms with Gasteiger partial charge in [-0.25, -0.2) is 4.68 Å². The van der Waals surface area contributed by atoms with Gasteiger partial charge in [-0.2, -0.15) is 10.4 Å². The van der Waals surface area contributed by atoms with Gasteiger partial charge in [0, 0.05) is 54.0 Å². The molecule has 0 spiro atoms. The Kier molecular flexibility index (Phi) is 7.66. The van der Waals surface area contributed by atoms with E-state index in [9.17, 15) is 10.1 Å². The molecule has 1 amide bonds. The number of nitriles is 1. The zero-order valence-corrected chi connectivity index (χ0v) is 21.1. The number of rotatable bonds is 9. The first-order chi connectivity index (χ1) is 17.8. The van der Waals surface area contributed by atoms with E-state index in [1.165, 1.54) is 0 Å². The normalized spacial score (nSPS) is 11.1. The molecule has 0 atom stereocenters. The summed E-state index contributed by atoms with van der Waals surface area (Å²) in [6.07, 6.45) is 7.55. The maximum atomic E-state index is 13.0. The molecule has 4 aromatic rings. The third-order valence-corrected chi connectivity index (χ3v) is 6.07. The van der Waals surface area contributed by atoms with Gasteiger partial charge < -0.3 is 15.2 Å². The lowest BCUT2D eigenvalue weighted by atomic mass is 9.85. The number of ether oxygens (including phenoxy) is 1. The van der Waals surface area contributed by atoms with Crippen LogP contribution >= 0.6 is 0 Å². The molecular formula is C29H29N5O3. The number of carbonyl (C=O) groups excluding carboxylic acids is 1. The van der Waals surface area contributed by atoms with Crippen LogP contribution in [0.4, 0.5) is 5.69 Å². The molecule has 2 N–H and O–H groups in total. The maximum Gasteiger partial charge on any atom is 0.255 e. The molecule has 8 nitrogen and oxygen atoms in total. The number of aryl methyl sites for hydroxylation is 1. The average molecular weight is 496 g/mol. The Labute approximate surface area is 216 Å². The SMILES string of the molecule is Cc1ccc(NC(=O)c2cccc(C(C)(C)C#N)c2)cc1-n1cc(-c2cnccc2OCCCO)cn1. The lowest BCUT2D eigenvalue weighted by molar-refractivity contribution is 0.102. The minimum Gasteiger partial charge on any atom is -0.493 e. The van der Waals surface area contributed by atoms with Gasteiger partial charge in [-0.05, 0) is 62.2 Å². The summed E-state index contributed by atoms with van der Waals surface area (Å²) in [5, 5.41) is 26.0. The summed E-state index contributed by atoms with van der Waals surface area (Å²) in [4.78, 5) is 17.2. The lowest BCUT2D eigenvalue weighted by Gasteiger charge is -2.16. The molecule has 4 rings (SSSR count). The third-order valence-electron chi connectivity index (χ3n) is 6.07. The Morgan fingerprint density at radius 2 is 2.03 bits per heavy atom. The standard InChI is InChI=1S/C29H29N5O3/c1-20-8-9-24(33-28(36)21-6-4-7-23(14-21)29(2,3)19-30)15-26(20)34-18-22(16-32-34)25-17-31-11-10-27(25)37-13-5-12-35/h4,6-11,14-18,35H,5,12-13H2,1-3H3,(H,33,36). The topological polar surface area (TPSA) is 113 Å². The van der Waals surface area contributed by atoms with Crippen LogP contribution in [0.15, 0.2) is 73.3 Å². The highest BCUT2D eigenvalue weighted by molar-refractivity contribution is 6.04. The molecular weight excluding hydrogens is 466 g/mol. The van der Waals surface area contributed by atoms with Gasteiger partial charge >= 0.3 is 0 Å². The first-order valence-electron chi connectivity index (χ1n) is 12.0. The number of hydrogen-bond acceptors (Lipinski definition) is 6. The Balaban J connectivity index is 1.57. The molecule has 2 heterocycles. The van der Waals surface area contributed by atoms with Gasteiger partial charge in [-0.15, -0.1) is 0 Å². The summed E-state index contributed by atoms with van der Waals surface area (Å²) in [6.45, 7) is 6.09. The van der Waals surface area contributed by atoms with Crippen molar-refractivity contribution in [2.45, 2.75) is 32.6 Å². The Morgan fingerprint density at radius 1 is 1.19 bits per heavy atom. The summed E-state index contributed by atoms with van der Waals surface area (Å²) in [5.74, 6) is 0.411. The average Bonchev–Trinajstić information content (AvgIpc) is 3.40. The van der Waals surface area contributed by atoms with Crippen LogP contribution in [0.25, 0.3) is 16.8 Å². The molecule has 0 aliphatic heterocycles. The van der Waals surface area contributed by atoms with E-state index >= 15 is 0 Å². The van der Waals surface area contributed by atoms with Crippen molar-refractivity contribution < 1.29 is 14.6 Å². The summed E-state index contributed by atoms with van der Waals surface area (Å²) in [7, 11) is 0. The molecule has 8 heteroatoms. The third kappa shape index (κ3) is 5.85. The van der Waals surface area contributed by atoms with Crippen molar-refractivity contribution in [2.24, 2.45) is 0 Å². The van der Waals surface area contributed by atoms with E-state index < -0.39 is 5.41 Å². The number of nitrogens with zero attached hydrogens (tertiary/aromatic N) is 4. The highest BCUT2D eigenvalue weighted by atomic mass is 16.5. The second-order valence-electron chi connectivity index (χ2n) is 9.24. The second kappa shape index (κ2) is 11.1. The summed E-state index contributed by atoms with van der Waals surface area (Å²) in [5.41, 5.74) is 4.63. The molecule has 188 valence electrons. The first-order valence-corrected chi connectivity index (χ1v) is 12.0. The number of aliphatic hydroxyl groups is 1. The summed E-state index contributed by atoms with van der Waals surface area (Å²) in [6, 6.07) is 16.8. The molecule has 0 saturated heterocycles. The quantitative estimate of drug-likeness (QED) is 0.314. The van der Waals surface area contributed by atoms with E-state index in [0.29, 0.717) is 30.0 Å². The minimum absolute atomic E-state index is 0.0633. The van der Waals surface area contributed by atoms with Crippen LogP contribution in [-0.4, -0.2) is 39.0 Å². The van der Waals surface area contributed by atoms with Gasteiger partial charge in [0.2, 0.25) is 0 Å². The van der Waals surface area contributed by atoms with Crippen LogP contribution in [-0.2, 0) is 5.41 Å². The van der Waals surface area contributed by atoms with Crippen LogP contribution in [0.5, 0.6) is 5.75 Å². The van der Waals surface area contributed by atoms with Crippen LogP contribution in [0.1, 0.15) is 41.8 Å². The largest absolute Gasteiger partial charge is 0.493 e. The molecule has 2 aromatic heterocycles. The van der Waals surface area contributed by atoms with E-state index in [1.807, 2.05) is 51.2 Å². The Hall–Kier alpha value is -4.48. The van der Waals surface area contributed by atoms with Gasteiger partial charge in [0.05, 0.1) is 30.0 Å². The van der Waals surface area contributed by atoms with Gasteiger partial charge in [-0.3, -0.25) is 9.78 Å². The highest BCUT2D eigenvalue weighted by Crippen LogP contribution is 2.30. The van der Waals surface area contributed by atoms with Gasteiger partial charge in [0.1, 0.15) is 5.75 Å². The fraction of sp³-hybridized carbons (Fsp3) is 0.241. The number of aromatic nitrogens is 3. The molecule has 2 aromatic carbocycles. The predicted octanol–water partition coefficient (Wildman–Crippen LogP) is 5.06. The molecule has 0 fully saturated rings. The van der Waals surface area contributed by atoms with Crippen LogP contribution in [0, 0.1) is 18.3 Å².